The molecule has 0 aliphatic carbocycles. The number of ether oxygens (including phenoxy) is 1. The van der Waals surface area contributed by atoms with Crippen molar-refractivity contribution < 1.29 is 13.9 Å². The molecule has 0 spiro atoms. The molecule has 4 nitrogen and oxygen atoms in total. The summed E-state index contributed by atoms with van der Waals surface area (Å²) in [4.78, 5) is 11.6. The maximum absolute atomic E-state index is 13.6. The van der Waals surface area contributed by atoms with Crippen LogP contribution in [0.2, 0.25) is 0 Å². The van der Waals surface area contributed by atoms with Crippen LogP contribution in [0.3, 0.4) is 0 Å². The lowest BCUT2D eigenvalue weighted by molar-refractivity contribution is 0.254. The summed E-state index contributed by atoms with van der Waals surface area (Å²) >= 11 is 0. The van der Waals surface area contributed by atoms with Crippen LogP contribution in [0, 0.1) is 5.82 Å². The summed E-state index contributed by atoms with van der Waals surface area (Å²) in [6, 6.07) is 3.57. The molecule has 0 radical (unpaired) electrons. The number of hydrogen-bond donors (Lipinski definition) is 2. The molecule has 0 heterocycles. The third-order valence-electron chi connectivity index (χ3n) is 2.27. The van der Waals surface area contributed by atoms with Crippen molar-refractivity contribution in [2.24, 2.45) is 0 Å². The summed E-state index contributed by atoms with van der Waals surface area (Å²) in [6.07, 6.45) is 3.31. The second-order valence-corrected chi connectivity index (χ2v) is 4.13. The minimum absolute atomic E-state index is 0.0555. The van der Waals surface area contributed by atoms with Gasteiger partial charge < -0.3 is 15.4 Å². The largest absolute Gasteiger partial charge is 0.497 e. The summed E-state index contributed by atoms with van der Waals surface area (Å²) < 4.78 is 18.5. The van der Waals surface area contributed by atoms with Crippen LogP contribution in [0.1, 0.15) is 6.92 Å². The van der Waals surface area contributed by atoms with Crippen molar-refractivity contribution in [3.05, 3.63) is 60.6 Å². The Kier molecular flexibility index (Phi) is 5.53. The zero-order valence-corrected chi connectivity index (χ0v) is 11.5. The van der Waals surface area contributed by atoms with E-state index in [9.17, 15) is 9.18 Å². The fraction of sp³-hybridized carbons (Fsp3) is 0.133. The van der Waals surface area contributed by atoms with Crippen molar-refractivity contribution in [1.29, 1.82) is 0 Å². The Balaban J connectivity index is 2.63. The minimum atomic E-state index is -0.581. The zero-order valence-electron chi connectivity index (χ0n) is 11.5. The first-order valence-corrected chi connectivity index (χ1v) is 5.86. The summed E-state index contributed by atoms with van der Waals surface area (Å²) in [5, 5.41) is 4.85. The van der Waals surface area contributed by atoms with E-state index in [-0.39, 0.29) is 5.69 Å². The number of allylic oxidation sites excluding steroid dienone is 3. The van der Waals surface area contributed by atoms with Crippen LogP contribution in [0.25, 0.3) is 0 Å². The van der Waals surface area contributed by atoms with E-state index >= 15 is 0 Å². The molecule has 1 rings (SSSR count). The summed E-state index contributed by atoms with van der Waals surface area (Å²) in [5.41, 5.74) is 1.26. The highest BCUT2D eigenvalue weighted by Crippen LogP contribution is 2.20. The molecule has 106 valence electrons. The Labute approximate surface area is 117 Å². The smallest absolute Gasteiger partial charge is 0.323 e. The maximum Gasteiger partial charge on any atom is 0.323 e. The van der Waals surface area contributed by atoms with Crippen LogP contribution in [-0.4, -0.2) is 13.1 Å². The van der Waals surface area contributed by atoms with E-state index in [1.165, 1.54) is 19.2 Å². The van der Waals surface area contributed by atoms with Crippen molar-refractivity contribution in [3.63, 3.8) is 0 Å². The van der Waals surface area contributed by atoms with Gasteiger partial charge in [-0.25, -0.2) is 9.18 Å². The molecule has 0 fully saturated rings. The monoisotopic (exact) mass is 276 g/mol. The molecule has 2 amide bonds. The maximum atomic E-state index is 13.6. The number of benzene rings is 1. The van der Waals surface area contributed by atoms with Gasteiger partial charge in [-0.1, -0.05) is 24.8 Å². The number of carbonyl (C=O) groups excluding carboxylic acids is 1. The molecule has 0 bridgehead atoms. The number of rotatable bonds is 5. The highest BCUT2D eigenvalue weighted by atomic mass is 19.1. The molecule has 5 heteroatoms. The van der Waals surface area contributed by atoms with E-state index in [2.05, 4.69) is 23.8 Å². The lowest BCUT2D eigenvalue weighted by atomic mass is 10.3. The standard InChI is InChI=1S/C15H17FN2O2/c1-10(2)5-6-11(3)17-15(19)18-14-8-7-12(20-4)9-13(14)16/h5-9H,1,3H2,2,4H3,(H2,17,18,19)/b6-5-. The zero-order chi connectivity index (χ0) is 15.1. The molecular formula is C15H17FN2O2. The Hall–Kier alpha value is -2.56. The van der Waals surface area contributed by atoms with Crippen LogP contribution in [0.4, 0.5) is 14.9 Å². The Morgan fingerprint density at radius 2 is 2.05 bits per heavy atom. The van der Waals surface area contributed by atoms with Gasteiger partial charge in [-0.15, -0.1) is 0 Å². The summed E-state index contributed by atoms with van der Waals surface area (Å²) in [6.45, 7) is 9.14. The number of urea groups is 1. The lowest BCUT2D eigenvalue weighted by Crippen LogP contribution is -2.27. The van der Waals surface area contributed by atoms with E-state index in [1.807, 2.05) is 6.92 Å². The predicted octanol–water partition coefficient (Wildman–Crippen LogP) is 3.60. The third kappa shape index (κ3) is 4.97. The molecule has 1 aromatic carbocycles. The SMILES string of the molecule is C=C(C)/C=C\C(=C)NC(=O)Nc1ccc(OC)cc1F. The van der Waals surface area contributed by atoms with Crippen LogP contribution in [0.5, 0.6) is 5.75 Å². The molecule has 0 saturated heterocycles. The van der Waals surface area contributed by atoms with Crippen molar-refractivity contribution in [1.82, 2.24) is 5.32 Å². The van der Waals surface area contributed by atoms with Crippen LogP contribution >= 0.6 is 0 Å². The van der Waals surface area contributed by atoms with Gasteiger partial charge in [0, 0.05) is 11.8 Å². The first kappa shape index (κ1) is 15.5. The summed E-state index contributed by atoms with van der Waals surface area (Å²) in [5.74, 6) is -0.204. The number of anilines is 1. The van der Waals surface area contributed by atoms with Gasteiger partial charge in [-0.05, 0) is 25.1 Å². The Bertz CT molecular complexity index is 565. The fourth-order valence-corrected chi connectivity index (χ4v) is 1.31. The van der Waals surface area contributed by atoms with Gasteiger partial charge in [-0.3, -0.25) is 0 Å². The molecule has 0 atom stereocenters. The minimum Gasteiger partial charge on any atom is -0.497 e. The van der Waals surface area contributed by atoms with E-state index < -0.39 is 11.8 Å². The van der Waals surface area contributed by atoms with Gasteiger partial charge in [0.15, 0.2) is 0 Å². The second-order valence-electron chi connectivity index (χ2n) is 4.13. The first-order chi connectivity index (χ1) is 9.42. The normalized spacial score (nSPS) is 10.2. The molecule has 0 unspecified atom stereocenters. The number of amides is 2. The van der Waals surface area contributed by atoms with Crippen molar-refractivity contribution in [3.8, 4) is 5.75 Å². The van der Waals surface area contributed by atoms with Crippen molar-refractivity contribution in [2.75, 3.05) is 12.4 Å². The van der Waals surface area contributed by atoms with E-state index in [0.29, 0.717) is 11.4 Å². The average molecular weight is 276 g/mol. The molecule has 2 N–H and O–H groups in total. The first-order valence-electron chi connectivity index (χ1n) is 5.86. The van der Waals surface area contributed by atoms with Crippen LogP contribution in [-0.2, 0) is 0 Å². The van der Waals surface area contributed by atoms with E-state index in [4.69, 9.17) is 4.74 Å². The lowest BCUT2D eigenvalue weighted by Gasteiger charge is -2.09. The molecule has 0 aromatic heterocycles. The van der Waals surface area contributed by atoms with E-state index in [0.717, 1.165) is 5.57 Å². The fourth-order valence-electron chi connectivity index (χ4n) is 1.31. The molecular weight excluding hydrogens is 259 g/mol. The number of methoxy groups -OCH3 is 1. The van der Waals surface area contributed by atoms with Gasteiger partial charge in [0.25, 0.3) is 0 Å². The van der Waals surface area contributed by atoms with Gasteiger partial charge in [-0.2, -0.15) is 0 Å². The molecule has 0 aliphatic rings. The Morgan fingerprint density at radius 1 is 1.35 bits per heavy atom. The van der Waals surface area contributed by atoms with Crippen LogP contribution in [0.15, 0.2) is 54.8 Å². The number of nitrogens with one attached hydrogen (secondary N) is 2. The predicted molar refractivity (Wildman–Crippen MR) is 78.2 cm³/mol. The van der Waals surface area contributed by atoms with Crippen LogP contribution < -0.4 is 15.4 Å². The van der Waals surface area contributed by atoms with Crippen molar-refractivity contribution in [2.45, 2.75) is 6.92 Å². The topological polar surface area (TPSA) is 50.4 Å². The van der Waals surface area contributed by atoms with Gasteiger partial charge >= 0.3 is 6.03 Å². The number of carbonyl (C=O) groups is 1. The van der Waals surface area contributed by atoms with E-state index in [1.54, 1.807) is 18.2 Å². The second kappa shape index (κ2) is 7.13. The van der Waals surface area contributed by atoms with Gasteiger partial charge in [0.05, 0.1) is 12.8 Å². The van der Waals surface area contributed by atoms with Gasteiger partial charge in [0.1, 0.15) is 11.6 Å². The molecule has 0 aliphatic heterocycles. The third-order valence-corrected chi connectivity index (χ3v) is 2.27. The quantitative estimate of drug-likeness (QED) is 0.807. The highest BCUT2D eigenvalue weighted by molar-refractivity contribution is 5.90. The summed E-state index contributed by atoms with van der Waals surface area (Å²) in [7, 11) is 1.44. The molecule has 1 aromatic rings. The highest BCUT2D eigenvalue weighted by Gasteiger charge is 2.07. The van der Waals surface area contributed by atoms with Gasteiger partial charge in [0.2, 0.25) is 0 Å². The molecule has 20 heavy (non-hydrogen) atoms. The Morgan fingerprint density at radius 3 is 2.60 bits per heavy atom. The average Bonchev–Trinajstić information content (AvgIpc) is 2.38. The van der Waals surface area contributed by atoms with Crippen molar-refractivity contribution >= 4 is 11.7 Å². The number of hydrogen-bond acceptors (Lipinski definition) is 2. The molecule has 0 saturated carbocycles. The number of halogens is 1.